The van der Waals surface area contributed by atoms with E-state index in [1.807, 2.05) is 0 Å². The molecular formula is C17H12ClF2N3O. The first-order valence-electron chi connectivity index (χ1n) is 7.06. The van der Waals surface area contributed by atoms with Gasteiger partial charge in [-0.05, 0) is 30.3 Å². The first-order chi connectivity index (χ1) is 11.5. The van der Waals surface area contributed by atoms with Crippen LogP contribution in [0.2, 0.25) is 5.02 Å². The molecule has 1 heterocycles. The zero-order valence-corrected chi connectivity index (χ0v) is 13.1. The number of aromatic nitrogens is 2. The van der Waals surface area contributed by atoms with Gasteiger partial charge in [0.15, 0.2) is 5.82 Å². The van der Waals surface area contributed by atoms with Crippen molar-refractivity contribution < 1.29 is 13.6 Å². The maximum absolute atomic E-state index is 13.8. The Hall–Kier alpha value is -2.73. The van der Waals surface area contributed by atoms with Gasteiger partial charge in [-0.15, -0.1) is 0 Å². The average Bonchev–Trinajstić information content (AvgIpc) is 2.98. The Morgan fingerprint density at radius 3 is 2.71 bits per heavy atom. The van der Waals surface area contributed by atoms with Gasteiger partial charge in [0.1, 0.15) is 11.6 Å². The van der Waals surface area contributed by atoms with Gasteiger partial charge in [-0.25, -0.2) is 8.78 Å². The number of amides is 1. The lowest BCUT2D eigenvalue weighted by Gasteiger charge is -2.06. The van der Waals surface area contributed by atoms with E-state index >= 15 is 0 Å². The van der Waals surface area contributed by atoms with E-state index in [2.05, 4.69) is 10.4 Å². The van der Waals surface area contributed by atoms with E-state index in [1.54, 1.807) is 18.3 Å². The van der Waals surface area contributed by atoms with Crippen molar-refractivity contribution in [2.75, 3.05) is 5.32 Å². The topological polar surface area (TPSA) is 46.9 Å². The molecule has 1 amide bonds. The second-order valence-corrected chi connectivity index (χ2v) is 5.47. The molecule has 0 bridgehead atoms. The fourth-order valence-corrected chi connectivity index (χ4v) is 2.40. The Balaban J connectivity index is 1.73. The third-order valence-electron chi connectivity index (χ3n) is 3.35. The number of carbonyl (C=O) groups excluding carboxylic acids is 1. The van der Waals surface area contributed by atoms with Crippen molar-refractivity contribution in [3.05, 3.63) is 82.5 Å². The van der Waals surface area contributed by atoms with Crippen molar-refractivity contribution in [3.63, 3.8) is 0 Å². The van der Waals surface area contributed by atoms with E-state index in [1.165, 1.54) is 35.0 Å². The molecule has 3 aromatic rings. The standard InChI is InChI=1S/C17H12ClF2N3O/c18-14-5-2-6-15(20)13(14)10-23-8-7-16(22-23)21-17(24)11-3-1-4-12(19)9-11/h1-9H,10H2,(H,21,22,24). The highest BCUT2D eigenvalue weighted by molar-refractivity contribution is 6.31. The summed E-state index contributed by atoms with van der Waals surface area (Å²) in [6.07, 6.45) is 1.59. The molecule has 0 unspecified atom stereocenters. The normalized spacial score (nSPS) is 10.6. The van der Waals surface area contributed by atoms with Crippen molar-refractivity contribution in [2.24, 2.45) is 0 Å². The van der Waals surface area contributed by atoms with E-state index < -0.39 is 17.5 Å². The molecule has 1 aromatic heterocycles. The largest absolute Gasteiger partial charge is 0.305 e. The second-order valence-electron chi connectivity index (χ2n) is 5.06. The molecule has 0 aliphatic rings. The Bertz CT molecular complexity index is 875. The molecule has 4 nitrogen and oxygen atoms in total. The molecule has 3 rings (SSSR count). The molecule has 0 fully saturated rings. The van der Waals surface area contributed by atoms with Gasteiger partial charge >= 0.3 is 0 Å². The zero-order chi connectivity index (χ0) is 17.1. The Labute approximate surface area is 141 Å². The molecule has 0 aliphatic carbocycles. The highest BCUT2D eigenvalue weighted by Crippen LogP contribution is 2.20. The molecule has 0 saturated carbocycles. The van der Waals surface area contributed by atoms with Gasteiger partial charge < -0.3 is 5.32 Å². The van der Waals surface area contributed by atoms with Crippen LogP contribution in [0.4, 0.5) is 14.6 Å². The smallest absolute Gasteiger partial charge is 0.256 e. The van der Waals surface area contributed by atoms with Gasteiger partial charge in [-0.3, -0.25) is 9.48 Å². The van der Waals surface area contributed by atoms with Crippen molar-refractivity contribution >= 4 is 23.3 Å². The SMILES string of the molecule is O=C(Nc1ccn(Cc2c(F)cccc2Cl)n1)c1cccc(F)c1. The third kappa shape index (κ3) is 3.60. The Morgan fingerprint density at radius 2 is 1.96 bits per heavy atom. The number of anilines is 1. The lowest BCUT2D eigenvalue weighted by molar-refractivity contribution is 0.102. The molecule has 0 spiro atoms. The van der Waals surface area contributed by atoms with E-state index in [0.29, 0.717) is 10.6 Å². The molecule has 0 radical (unpaired) electrons. The summed E-state index contributed by atoms with van der Waals surface area (Å²) in [6.45, 7) is 0.126. The van der Waals surface area contributed by atoms with E-state index in [9.17, 15) is 13.6 Å². The van der Waals surface area contributed by atoms with Crippen molar-refractivity contribution in [2.45, 2.75) is 6.54 Å². The van der Waals surface area contributed by atoms with Crippen LogP contribution in [0.15, 0.2) is 54.7 Å². The van der Waals surface area contributed by atoms with Crippen LogP contribution in [0.25, 0.3) is 0 Å². The molecule has 7 heteroatoms. The molecule has 0 saturated heterocycles. The van der Waals surface area contributed by atoms with Crippen molar-refractivity contribution in [3.8, 4) is 0 Å². The molecule has 122 valence electrons. The summed E-state index contributed by atoms with van der Waals surface area (Å²) in [5, 5.41) is 7.00. The summed E-state index contributed by atoms with van der Waals surface area (Å²) < 4.78 is 28.4. The van der Waals surface area contributed by atoms with Gasteiger partial charge in [-0.1, -0.05) is 23.7 Å². The average molecular weight is 348 g/mol. The van der Waals surface area contributed by atoms with Crippen LogP contribution < -0.4 is 5.32 Å². The van der Waals surface area contributed by atoms with Crippen LogP contribution >= 0.6 is 11.6 Å². The number of hydrogen-bond acceptors (Lipinski definition) is 2. The van der Waals surface area contributed by atoms with Crippen LogP contribution in [-0.4, -0.2) is 15.7 Å². The van der Waals surface area contributed by atoms with Gasteiger partial charge in [-0.2, -0.15) is 5.10 Å². The Kier molecular flexibility index (Phi) is 4.57. The lowest BCUT2D eigenvalue weighted by Crippen LogP contribution is -2.13. The van der Waals surface area contributed by atoms with E-state index in [4.69, 9.17) is 11.6 Å². The van der Waals surface area contributed by atoms with Gasteiger partial charge in [0.25, 0.3) is 5.91 Å². The van der Waals surface area contributed by atoms with E-state index in [0.717, 1.165) is 6.07 Å². The minimum atomic E-state index is -0.498. The number of carbonyl (C=O) groups is 1. The van der Waals surface area contributed by atoms with Crippen molar-refractivity contribution in [1.82, 2.24) is 9.78 Å². The fraction of sp³-hybridized carbons (Fsp3) is 0.0588. The minimum absolute atomic E-state index is 0.126. The number of nitrogens with one attached hydrogen (secondary N) is 1. The maximum Gasteiger partial charge on any atom is 0.256 e. The second kappa shape index (κ2) is 6.80. The predicted octanol–water partition coefficient (Wildman–Crippen LogP) is 4.12. The lowest BCUT2D eigenvalue weighted by atomic mass is 10.2. The number of rotatable bonds is 4. The van der Waals surface area contributed by atoms with Gasteiger partial charge in [0, 0.05) is 28.4 Å². The Morgan fingerprint density at radius 1 is 1.17 bits per heavy atom. The fourth-order valence-electron chi connectivity index (χ4n) is 2.18. The predicted molar refractivity (Wildman–Crippen MR) is 87.1 cm³/mol. The minimum Gasteiger partial charge on any atom is -0.305 e. The van der Waals surface area contributed by atoms with Crippen molar-refractivity contribution in [1.29, 1.82) is 0 Å². The summed E-state index contributed by atoms with van der Waals surface area (Å²) in [5.41, 5.74) is 0.493. The van der Waals surface area contributed by atoms with Crippen LogP contribution in [-0.2, 0) is 6.54 Å². The quantitative estimate of drug-likeness (QED) is 0.772. The third-order valence-corrected chi connectivity index (χ3v) is 3.70. The van der Waals surface area contributed by atoms with Crippen LogP contribution in [0.3, 0.4) is 0 Å². The summed E-state index contributed by atoms with van der Waals surface area (Å²) in [6, 6.07) is 11.3. The highest BCUT2D eigenvalue weighted by Gasteiger charge is 2.11. The van der Waals surface area contributed by atoms with Crippen LogP contribution in [0.1, 0.15) is 15.9 Å². The summed E-state index contributed by atoms with van der Waals surface area (Å²) in [4.78, 5) is 12.0. The van der Waals surface area contributed by atoms with Crippen LogP contribution in [0, 0.1) is 11.6 Å². The molecule has 0 atom stereocenters. The first-order valence-corrected chi connectivity index (χ1v) is 7.44. The monoisotopic (exact) mass is 347 g/mol. The number of halogens is 3. The summed E-state index contributed by atoms with van der Waals surface area (Å²) >= 11 is 5.98. The molecule has 2 aromatic carbocycles. The number of hydrogen-bond donors (Lipinski definition) is 1. The van der Waals surface area contributed by atoms with E-state index in [-0.39, 0.29) is 17.9 Å². The number of nitrogens with zero attached hydrogens (tertiary/aromatic N) is 2. The first kappa shape index (κ1) is 16.1. The molecule has 1 N–H and O–H groups in total. The molecular weight excluding hydrogens is 336 g/mol. The maximum atomic E-state index is 13.8. The molecule has 0 aliphatic heterocycles. The zero-order valence-electron chi connectivity index (χ0n) is 12.3. The van der Waals surface area contributed by atoms with Gasteiger partial charge in [0.2, 0.25) is 0 Å². The summed E-state index contributed by atoms with van der Waals surface area (Å²) in [5.74, 6) is -1.13. The molecule has 24 heavy (non-hydrogen) atoms. The van der Waals surface area contributed by atoms with Crippen LogP contribution in [0.5, 0.6) is 0 Å². The summed E-state index contributed by atoms with van der Waals surface area (Å²) in [7, 11) is 0. The number of benzene rings is 2. The van der Waals surface area contributed by atoms with Gasteiger partial charge in [0.05, 0.1) is 6.54 Å². The highest BCUT2D eigenvalue weighted by atomic mass is 35.5.